The number of hydrogen-bond acceptors (Lipinski definition) is 3. The van der Waals surface area contributed by atoms with Crippen LogP contribution in [0, 0.1) is 23.2 Å². The lowest BCUT2D eigenvalue weighted by atomic mass is 9.49. The molecule has 4 aliphatic rings. The Labute approximate surface area is 175 Å². The van der Waals surface area contributed by atoms with Crippen LogP contribution in [0.5, 0.6) is 0 Å². The molecule has 0 radical (unpaired) electrons. The van der Waals surface area contributed by atoms with Gasteiger partial charge in [-0.2, -0.15) is 4.31 Å². The van der Waals surface area contributed by atoms with Crippen molar-refractivity contribution in [1.29, 1.82) is 0 Å². The number of nitrogens with zero attached hydrogens (tertiary/aromatic N) is 2. The molecular formula is C23H34N2O3S. The molecule has 0 unspecified atom stereocenters. The van der Waals surface area contributed by atoms with Gasteiger partial charge in [-0.25, -0.2) is 8.42 Å². The molecular weight excluding hydrogens is 384 g/mol. The van der Waals surface area contributed by atoms with Crippen molar-refractivity contribution in [3.63, 3.8) is 0 Å². The van der Waals surface area contributed by atoms with Gasteiger partial charge in [-0.05, 0) is 99.8 Å². The van der Waals surface area contributed by atoms with E-state index in [4.69, 9.17) is 0 Å². The number of benzene rings is 1. The molecule has 1 amide bonds. The zero-order chi connectivity index (χ0) is 21.0. The number of rotatable bonds is 6. The van der Waals surface area contributed by atoms with Gasteiger partial charge in [0.15, 0.2) is 0 Å². The summed E-state index contributed by atoms with van der Waals surface area (Å²) in [6.07, 6.45) is 8.02. The van der Waals surface area contributed by atoms with Crippen LogP contribution in [0.2, 0.25) is 0 Å². The zero-order valence-corrected chi connectivity index (χ0v) is 18.9. The van der Waals surface area contributed by atoms with Gasteiger partial charge >= 0.3 is 0 Å². The number of carbonyl (C=O) groups excluding carboxylic acids is 1. The second-order valence-electron chi connectivity index (χ2n) is 10.2. The van der Waals surface area contributed by atoms with Crippen molar-refractivity contribution in [2.45, 2.75) is 63.3 Å². The van der Waals surface area contributed by atoms with Gasteiger partial charge in [0, 0.05) is 32.2 Å². The smallest absolute Gasteiger partial charge is 0.253 e. The van der Waals surface area contributed by atoms with Gasteiger partial charge in [0.2, 0.25) is 10.0 Å². The summed E-state index contributed by atoms with van der Waals surface area (Å²) in [5.41, 5.74) is 0.867. The fourth-order valence-electron chi connectivity index (χ4n) is 6.49. The zero-order valence-electron chi connectivity index (χ0n) is 18.1. The SMILES string of the molecule is CC(C)N(C)S(=O)(=O)c1ccc(C(=O)N(C)CC23CC4CC(CC(C4)C2)C3)cc1. The first-order chi connectivity index (χ1) is 13.6. The predicted octanol–water partition coefficient (Wildman–Crippen LogP) is 4.00. The standard InChI is InChI=1S/C23H34N2O3S/c1-16(2)25(4)29(27,28)21-7-5-20(6-8-21)22(26)24(3)15-23-12-17-9-18(13-23)11-19(10-17)14-23/h5-8,16-19H,9-15H2,1-4H3. The number of carbonyl (C=O) groups is 1. The highest BCUT2D eigenvalue weighted by molar-refractivity contribution is 7.89. The van der Waals surface area contributed by atoms with Crippen LogP contribution in [0.3, 0.4) is 0 Å². The molecule has 5 nitrogen and oxygen atoms in total. The molecule has 0 heterocycles. The molecule has 5 rings (SSSR count). The summed E-state index contributed by atoms with van der Waals surface area (Å²) >= 11 is 0. The summed E-state index contributed by atoms with van der Waals surface area (Å²) in [5, 5.41) is 0. The van der Waals surface area contributed by atoms with E-state index in [-0.39, 0.29) is 16.8 Å². The average Bonchev–Trinajstić information content (AvgIpc) is 2.65. The maximum absolute atomic E-state index is 13.0. The highest BCUT2D eigenvalue weighted by atomic mass is 32.2. The van der Waals surface area contributed by atoms with Crippen LogP contribution >= 0.6 is 0 Å². The van der Waals surface area contributed by atoms with E-state index < -0.39 is 10.0 Å². The molecule has 0 saturated heterocycles. The van der Waals surface area contributed by atoms with Crippen molar-refractivity contribution in [2.24, 2.45) is 23.2 Å². The van der Waals surface area contributed by atoms with Gasteiger partial charge in [0.25, 0.3) is 5.91 Å². The van der Waals surface area contributed by atoms with Crippen LogP contribution in [0.4, 0.5) is 0 Å². The molecule has 0 atom stereocenters. The van der Waals surface area contributed by atoms with Gasteiger partial charge < -0.3 is 4.90 Å². The van der Waals surface area contributed by atoms with Gasteiger partial charge in [0.05, 0.1) is 4.90 Å². The van der Waals surface area contributed by atoms with Gasteiger partial charge in [-0.3, -0.25) is 4.79 Å². The largest absolute Gasteiger partial charge is 0.341 e. The molecule has 160 valence electrons. The molecule has 1 aromatic rings. The maximum Gasteiger partial charge on any atom is 0.253 e. The summed E-state index contributed by atoms with van der Waals surface area (Å²) in [6.45, 7) is 4.51. The summed E-state index contributed by atoms with van der Waals surface area (Å²) in [7, 11) is -0.0462. The van der Waals surface area contributed by atoms with Gasteiger partial charge in [-0.1, -0.05) is 0 Å². The number of sulfonamides is 1. The van der Waals surface area contributed by atoms with Crippen molar-refractivity contribution < 1.29 is 13.2 Å². The monoisotopic (exact) mass is 418 g/mol. The van der Waals surface area contributed by atoms with Gasteiger partial charge in [-0.15, -0.1) is 0 Å². The molecule has 1 aromatic carbocycles. The van der Waals surface area contributed by atoms with Crippen molar-refractivity contribution in [3.05, 3.63) is 29.8 Å². The summed E-state index contributed by atoms with van der Waals surface area (Å²) < 4.78 is 26.6. The molecule has 0 aliphatic heterocycles. The Balaban J connectivity index is 1.46. The fourth-order valence-corrected chi connectivity index (χ4v) is 7.86. The summed E-state index contributed by atoms with van der Waals surface area (Å²) in [6, 6.07) is 6.30. The first-order valence-electron chi connectivity index (χ1n) is 10.9. The highest BCUT2D eigenvalue weighted by Crippen LogP contribution is 2.60. The molecule has 6 heteroatoms. The van der Waals surface area contributed by atoms with E-state index in [0.717, 1.165) is 24.3 Å². The molecule has 4 fully saturated rings. The summed E-state index contributed by atoms with van der Waals surface area (Å²) in [4.78, 5) is 15.1. The predicted molar refractivity (Wildman–Crippen MR) is 114 cm³/mol. The third kappa shape index (κ3) is 3.86. The van der Waals surface area contributed by atoms with Crippen LogP contribution < -0.4 is 0 Å². The Hall–Kier alpha value is -1.40. The van der Waals surface area contributed by atoms with E-state index in [2.05, 4.69) is 0 Å². The molecule has 4 bridgehead atoms. The molecule has 0 N–H and O–H groups in total. The minimum atomic E-state index is -3.53. The second kappa shape index (κ2) is 7.38. The van der Waals surface area contributed by atoms with Crippen LogP contribution in [0.1, 0.15) is 62.7 Å². The van der Waals surface area contributed by atoms with Crippen molar-refractivity contribution in [3.8, 4) is 0 Å². The van der Waals surface area contributed by atoms with Crippen molar-refractivity contribution in [2.75, 3.05) is 20.6 Å². The second-order valence-corrected chi connectivity index (χ2v) is 12.2. The lowest BCUT2D eigenvalue weighted by Gasteiger charge is -2.57. The Morgan fingerprint density at radius 1 is 1.00 bits per heavy atom. The van der Waals surface area contributed by atoms with E-state index in [1.807, 2.05) is 25.8 Å². The Bertz CT molecular complexity index is 841. The lowest BCUT2D eigenvalue weighted by Crippen LogP contribution is -2.51. The molecule has 4 saturated carbocycles. The fraction of sp³-hybridized carbons (Fsp3) is 0.696. The Kier molecular flexibility index (Phi) is 5.31. The third-order valence-corrected chi connectivity index (χ3v) is 9.64. The van der Waals surface area contributed by atoms with Crippen LogP contribution in [0.15, 0.2) is 29.2 Å². The van der Waals surface area contributed by atoms with E-state index >= 15 is 0 Å². The van der Waals surface area contributed by atoms with Crippen molar-refractivity contribution >= 4 is 15.9 Å². The van der Waals surface area contributed by atoms with E-state index in [9.17, 15) is 13.2 Å². The third-order valence-electron chi connectivity index (χ3n) is 7.59. The van der Waals surface area contributed by atoms with Gasteiger partial charge in [0.1, 0.15) is 0 Å². The minimum Gasteiger partial charge on any atom is -0.341 e. The Morgan fingerprint density at radius 2 is 1.48 bits per heavy atom. The minimum absolute atomic E-state index is 0.0121. The summed E-state index contributed by atoms with van der Waals surface area (Å²) in [5.74, 6) is 2.59. The van der Waals surface area contributed by atoms with Crippen molar-refractivity contribution in [1.82, 2.24) is 9.21 Å². The quantitative estimate of drug-likeness (QED) is 0.701. The van der Waals surface area contributed by atoms with E-state index in [1.54, 1.807) is 31.3 Å². The highest BCUT2D eigenvalue weighted by Gasteiger charge is 2.51. The van der Waals surface area contributed by atoms with Crippen LogP contribution in [0.25, 0.3) is 0 Å². The maximum atomic E-state index is 13.0. The molecule has 0 aromatic heterocycles. The average molecular weight is 419 g/mol. The molecule has 29 heavy (non-hydrogen) atoms. The van der Waals surface area contributed by atoms with Crippen LogP contribution in [-0.4, -0.2) is 50.2 Å². The Morgan fingerprint density at radius 3 is 1.93 bits per heavy atom. The normalized spacial score (nSPS) is 30.9. The topological polar surface area (TPSA) is 57.7 Å². The van der Waals surface area contributed by atoms with E-state index in [0.29, 0.717) is 11.0 Å². The van der Waals surface area contributed by atoms with Crippen LogP contribution in [-0.2, 0) is 10.0 Å². The van der Waals surface area contributed by atoms with E-state index in [1.165, 1.54) is 42.8 Å². The number of hydrogen-bond donors (Lipinski definition) is 0. The number of amides is 1. The lowest BCUT2D eigenvalue weighted by molar-refractivity contribution is -0.0629. The first-order valence-corrected chi connectivity index (χ1v) is 12.4. The molecule has 0 spiro atoms. The molecule has 4 aliphatic carbocycles. The first kappa shape index (κ1) is 20.9.